The number of ketones is 2. The second kappa shape index (κ2) is 3.08. The largest absolute Gasteiger partial charge is 0.290 e. The van der Waals surface area contributed by atoms with Gasteiger partial charge in [0.2, 0.25) is 11.6 Å². The minimum atomic E-state index is -1.18. The van der Waals surface area contributed by atoms with E-state index in [4.69, 9.17) is 0 Å². The summed E-state index contributed by atoms with van der Waals surface area (Å²) in [5.41, 5.74) is 0. The number of hydrogen-bond donors (Lipinski definition) is 0. The number of halogens is 1. The molecule has 0 saturated carbocycles. The van der Waals surface area contributed by atoms with Gasteiger partial charge in [-0.3, -0.25) is 13.8 Å². The lowest BCUT2D eigenvalue weighted by Gasteiger charge is -1.71. The van der Waals surface area contributed by atoms with Crippen LogP contribution in [0.2, 0.25) is 0 Å². The van der Waals surface area contributed by atoms with E-state index in [2.05, 4.69) is 0 Å². The van der Waals surface area contributed by atoms with E-state index >= 15 is 0 Å². The van der Waals surface area contributed by atoms with E-state index in [-0.39, 0.29) is 23.9 Å². The van der Waals surface area contributed by atoms with E-state index < -0.39 is 22.4 Å². The Morgan fingerprint density at radius 1 is 1.11 bits per heavy atom. The highest BCUT2D eigenvalue weighted by Gasteiger charge is 2.26. The van der Waals surface area contributed by atoms with Crippen LogP contribution in [0.25, 0.3) is 0 Å². The van der Waals surface area contributed by atoms with Gasteiger partial charge in [-0.05, 0) is 0 Å². The first-order chi connectivity index (χ1) is 3.70. The van der Waals surface area contributed by atoms with Crippen molar-refractivity contribution in [3.63, 3.8) is 0 Å². The highest BCUT2D eigenvalue weighted by Crippen LogP contribution is 1.96. The Morgan fingerprint density at radius 2 is 1.44 bits per heavy atom. The molecule has 3 nitrogen and oxygen atoms in total. The molecule has 0 radical (unpaired) electrons. The maximum Gasteiger partial charge on any atom is 0.211 e. The van der Waals surface area contributed by atoms with Gasteiger partial charge >= 0.3 is 0 Å². The fourth-order valence-electron chi connectivity index (χ4n) is 0.504. The highest BCUT2D eigenvalue weighted by molar-refractivity contribution is 7.87. The Hall–Kier alpha value is -0.220. The summed E-state index contributed by atoms with van der Waals surface area (Å²) >= 11 is 0. The number of carbonyl (C=O) groups is 2. The van der Waals surface area contributed by atoms with Crippen LogP contribution in [0.4, 0.5) is 0 Å². The molecule has 1 heterocycles. The highest BCUT2D eigenvalue weighted by atomic mass is 35.5. The molecule has 5 heteroatoms. The molecule has 1 aliphatic heterocycles. The van der Waals surface area contributed by atoms with Crippen molar-refractivity contribution in [2.45, 2.75) is 0 Å². The first-order valence-electron chi connectivity index (χ1n) is 2.11. The Morgan fingerprint density at radius 3 is 1.56 bits per heavy atom. The molecule has 1 rings (SSSR count). The lowest BCUT2D eigenvalue weighted by Crippen LogP contribution is -2.07. The number of hydrogen-bond acceptors (Lipinski definition) is 3. The summed E-state index contributed by atoms with van der Waals surface area (Å²) in [4.78, 5) is 20.5. The van der Waals surface area contributed by atoms with Crippen LogP contribution < -0.4 is 0 Å². The average molecular weight is 169 g/mol. The molecule has 1 saturated heterocycles. The van der Waals surface area contributed by atoms with Gasteiger partial charge in [0.05, 0.1) is 11.5 Å². The molecular formula is C4H5ClO3S. The summed E-state index contributed by atoms with van der Waals surface area (Å²) in [6, 6.07) is 0. The Bertz CT molecular complexity index is 159. The first kappa shape index (κ1) is 8.78. The van der Waals surface area contributed by atoms with Crippen molar-refractivity contribution in [1.29, 1.82) is 0 Å². The van der Waals surface area contributed by atoms with Crippen LogP contribution in [-0.2, 0) is 20.4 Å². The SMILES string of the molecule is Cl.O=C1CS(=O)CC1=O. The third-order valence-electron chi connectivity index (χ3n) is 0.895. The van der Waals surface area contributed by atoms with Crippen LogP contribution in [0.1, 0.15) is 0 Å². The second-order valence-corrected chi connectivity index (χ2v) is 3.03. The van der Waals surface area contributed by atoms with Crippen LogP contribution in [0.5, 0.6) is 0 Å². The van der Waals surface area contributed by atoms with Gasteiger partial charge in [0.15, 0.2) is 0 Å². The molecule has 0 aliphatic carbocycles. The maximum atomic E-state index is 10.3. The van der Waals surface area contributed by atoms with Crippen LogP contribution in [-0.4, -0.2) is 27.3 Å². The number of Topliss-reactive ketones (excluding diaryl/α,β-unsaturated/α-hetero) is 2. The minimum Gasteiger partial charge on any atom is -0.290 e. The molecule has 0 atom stereocenters. The summed E-state index contributed by atoms with van der Waals surface area (Å²) in [6.07, 6.45) is 0. The molecule has 0 N–H and O–H groups in total. The molecule has 0 aromatic carbocycles. The van der Waals surface area contributed by atoms with Crippen molar-refractivity contribution < 1.29 is 13.8 Å². The zero-order valence-corrected chi connectivity index (χ0v) is 6.09. The fourth-order valence-corrected chi connectivity index (χ4v) is 1.51. The molecule has 1 fully saturated rings. The van der Waals surface area contributed by atoms with Crippen molar-refractivity contribution in [2.75, 3.05) is 11.5 Å². The number of carbonyl (C=O) groups excluding carboxylic acids is 2. The molecule has 0 amide bonds. The van der Waals surface area contributed by atoms with Gasteiger partial charge in [0, 0.05) is 10.8 Å². The van der Waals surface area contributed by atoms with Crippen molar-refractivity contribution in [1.82, 2.24) is 0 Å². The predicted octanol–water partition coefficient (Wildman–Crippen LogP) is -0.691. The summed E-state index contributed by atoms with van der Waals surface area (Å²) in [7, 11) is -1.18. The quantitative estimate of drug-likeness (QED) is 0.450. The van der Waals surface area contributed by atoms with Crippen LogP contribution in [0.3, 0.4) is 0 Å². The van der Waals surface area contributed by atoms with Crippen molar-refractivity contribution in [2.24, 2.45) is 0 Å². The molecule has 52 valence electrons. The average Bonchev–Trinajstić information content (AvgIpc) is 1.85. The lowest BCUT2D eigenvalue weighted by atomic mass is 10.3. The van der Waals surface area contributed by atoms with E-state index in [1.807, 2.05) is 0 Å². The summed E-state index contributed by atoms with van der Waals surface area (Å²) < 4.78 is 10.3. The van der Waals surface area contributed by atoms with Crippen molar-refractivity contribution in [3.8, 4) is 0 Å². The number of rotatable bonds is 0. The predicted molar refractivity (Wildman–Crippen MR) is 35.1 cm³/mol. The molecule has 0 spiro atoms. The molecular weight excluding hydrogens is 164 g/mol. The molecule has 0 unspecified atom stereocenters. The van der Waals surface area contributed by atoms with E-state index in [1.54, 1.807) is 0 Å². The first-order valence-corrected chi connectivity index (χ1v) is 3.60. The van der Waals surface area contributed by atoms with E-state index in [0.717, 1.165) is 0 Å². The molecule has 9 heavy (non-hydrogen) atoms. The Labute approximate surface area is 60.7 Å². The minimum absolute atomic E-state index is 0. The van der Waals surface area contributed by atoms with Gasteiger partial charge in [-0.15, -0.1) is 12.4 Å². The molecule has 0 aromatic rings. The second-order valence-electron chi connectivity index (χ2n) is 1.57. The van der Waals surface area contributed by atoms with E-state index in [9.17, 15) is 13.8 Å². The smallest absolute Gasteiger partial charge is 0.211 e. The Balaban J connectivity index is 0.000000640. The molecule has 0 bridgehead atoms. The zero-order valence-electron chi connectivity index (χ0n) is 4.46. The third-order valence-corrected chi connectivity index (χ3v) is 2.06. The van der Waals surface area contributed by atoms with Crippen molar-refractivity contribution >= 4 is 34.8 Å². The summed E-state index contributed by atoms with van der Waals surface area (Å²) in [6.45, 7) is 0. The fraction of sp³-hybridized carbons (Fsp3) is 0.500. The monoisotopic (exact) mass is 168 g/mol. The normalized spacial score (nSPS) is 20.0. The summed E-state index contributed by atoms with van der Waals surface area (Å²) in [5.74, 6) is -1.08. The van der Waals surface area contributed by atoms with Gasteiger partial charge in [-0.25, -0.2) is 0 Å². The van der Waals surface area contributed by atoms with E-state index in [1.165, 1.54) is 0 Å². The van der Waals surface area contributed by atoms with Crippen molar-refractivity contribution in [3.05, 3.63) is 0 Å². The molecule has 0 aromatic heterocycles. The third kappa shape index (κ3) is 1.87. The van der Waals surface area contributed by atoms with Gasteiger partial charge in [0.25, 0.3) is 0 Å². The van der Waals surface area contributed by atoms with Gasteiger partial charge < -0.3 is 0 Å². The van der Waals surface area contributed by atoms with Gasteiger partial charge in [-0.1, -0.05) is 0 Å². The standard InChI is InChI=1S/C4H4O3S.ClH/c5-3-1-8(7)2-4(3)6;/h1-2H2;1H. The maximum absolute atomic E-state index is 10.3. The van der Waals surface area contributed by atoms with Crippen LogP contribution in [0.15, 0.2) is 0 Å². The zero-order chi connectivity index (χ0) is 6.15. The topological polar surface area (TPSA) is 51.2 Å². The molecule has 1 aliphatic rings. The van der Waals surface area contributed by atoms with Crippen LogP contribution in [0, 0.1) is 0 Å². The Kier molecular flexibility index (Phi) is 3.00. The lowest BCUT2D eigenvalue weighted by molar-refractivity contribution is -0.132. The van der Waals surface area contributed by atoms with Gasteiger partial charge in [-0.2, -0.15) is 0 Å². The van der Waals surface area contributed by atoms with Gasteiger partial charge in [0.1, 0.15) is 0 Å². The van der Waals surface area contributed by atoms with E-state index in [0.29, 0.717) is 0 Å². The van der Waals surface area contributed by atoms with Crippen LogP contribution >= 0.6 is 12.4 Å². The summed E-state index contributed by atoms with van der Waals surface area (Å²) in [5, 5.41) is 0.